The molecule has 0 aliphatic carbocycles. The molecule has 3 nitrogen and oxygen atoms in total. The number of ether oxygens (including phenoxy) is 1. The fraction of sp³-hybridized carbons (Fsp3) is 0.0909. The van der Waals surface area contributed by atoms with E-state index in [1.807, 2.05) is 0 Å². The molecule has 0 aliphatic rings. The molecule has 2 aromatic rings. The first-order valence-electron chi connectivity index (χ1n) is 4.79. The lowest BCUT2D eigenvalue weighted by Gasteiger charge is -2.09. The molecular weight excluding hydrogens is 313 g/mol. The number of halogens is 4. The zero-order chi connectivity index (χ0) is 13.2. The number of aromatic nitrogens is 2. The number of hydrogen-bond donors (Lipinski definition) is 0. The molecule has 0 unspecified atom stereocenters. The first-order chi connectivity index (χ1) is 8.44. The van der Waals surface area contributed by atoms with Gasteiger partial charge in [-0.25, -0.2) is 9.97 Å². The Hall–Kier alpha value is -1.63. The minimum atomic E-state index is -4.70. The van der Waals surface area contributed by atoms with Crippen LogP contribution in [0.5, 0.6) is 5.75 Å². The summed E-state index contributed by atoms with van der Waals surface area (Å²) < 4.78 is 40.5. The van der Waals surface area contributed by atoms with Crippen molar-refractivity contribution in [1.82, 2.24) is 9.97 Å². The smallest absolute Gasteiger partial charge is 0.406 e. The second kappa shape index (κ2) is 4.93. The Bertz CT molecular complexity index is 560. The van der Waals surface area contributed by atoms with Crippen molar-refractivity contribution in [3.8, 4) is 17.0 Å². The van der Waals surface area contributed by atoms with E-state index in [0.29, 0.717) is 16.0 Å². The molecule has 0 bridgehead atoms. The fourth-order valence-corrected chi connectivity index (χ4v) is 1.66. The second-order valence-electron chi connectivity index (χ2n) is 3.29. The van der Waals surface area contributed by atoms with Crippen molar-refractivity contribution >= 4 is 15.9 Å². The van der Waals surface area contributed by atoms with Crippen LogP contribution < -0.4 is 4.74 Å². The number of nitrogens with zero attached hydrogens (tertiary/aromatic N) is 2. The summed E-state index contributed by atoms with van der Waals surface area (Å²) in [5.41, 5.74) is 1.02. The normalized spacial score (nSPS) is 11.3. The van der Waals surface area contributed by atoms with Crippen molar-refractivity contribution in [1.29, 1.82) is 0 Å². The highest BCUT2D eigenvalue weighted by Gasteiger charge is 2.31. The molecular formula is C11H6BrF3N2O. The van der Waals surface area contributed by atoms with Gasteiger partial charge in [0.2, 0.25) is 0 Å². The molecule has 0 atom stereocenters. The summed E-state index contributed by atoms with van der Waals surface area (Å²) in [6.45, 7) is 0. The monoisotopic (exact) mass is 318 g/mol. The van der Waals surface area contributed by atoms with Crippen LogP contribution in [0, 0.1) is 0 Å². The number of rotatable bonds is 2. The molecule has 0 amide bonds. The summed E-state index contributed by atoms with van der Waals surface area (Å²) in [5, 5.41) is 0. The maximum Gasteiger partial charge on any atom is 0.573 e. The van der Waals surface area contributed by atoms with Gasteiger partial charge < -0.3 is 4.74 Å². The maximum atomic E-state index is 12.1. The zero-order valence-corrected chi connectivity index (χ0v) is 10.4. The first kappa shape index (κ1) is 12.8. The summed E-state index contributed by atoms with van der Waals surface area (Å²) in [6.07, 6.45) is -3.20. The van der Waals surface area contributed by atoms with Gasteiger partial charge in [-0.05, 0) is 34.1 Å². The largest absolute Gasteiger partial charge is 0.573 e. The summed E-state index contributed by atoms with van der Waals surface area (Å²) in [4.78, 5) is 7.89. The molecule has 2 rings (SSSR count). The molecule has 1 heterocycles. The summed E-state index contributed by atoms with van der Waals surface area (Å²) in [5.74, 6) is -0.283. The van der Waals surface area contributed by atoms with E-state index in [4.69, 9.17) is 0 Å². The van der Waals surface area contributed by atoms with Gasteiger partial charge in [0.25, 0.3) is 0 Å². The zero-order valence-electron chi connectivity index (χ0n) is 8.78. The van der Waals surface area contributed by atoms with Crippen LogP contribution in [0.4, 0.5) is 13.2 Å². The van der Waals surface area contributed by atoms with E-state index in [1.54, 1.807) is 12.1 Å². The molecule has 0 saturated carbocycles. The molecule has 0 radical (unpaired) electrons. The van der Waals surface area contributed by atoms with Gasteiger partial charge in [-0.15, -0.1) is 13.2 Å². The van der Waals surface area contributed by atoms with Crippen molar-refractivity contribution in [2.24, 2.45) is 0 Å². The molecule has 0 fully saturated rings. The molecule has 1 aromatic heterocycles. The highest BCUT2D eigenvalue weighted by atomic mass is 79.9. The van der Waals surface area contributed by atoms with E-state index in [9.17, 15) is 13.2 Å². The van der Waals surface area contributed by atoms with Gasteiger partial charge in [-0.3, -0.25) is 0 Å². The lowest BCUT2D eigenvalue weighted by molar-refractivity contribution is -0.274. The number of benzene rings is 1. The average molecular weight is 319 g/mol. The Morgan fingerprint density at radius 3 is 2.61 bits per heavy atom. The predicted molar refractivity (Wildman–Crippen MR) is 61.9 cm³/mol. The highest BCUT2D eigenvalue weighted by molar-refractivity contribution is 9.10. The van der Waals surface area contributed by atoms with Crippen molar-refractivity contribution in [3.05, 3.63) is 41.3 Å². The maximum absolute atomic E-state index is 12.1. The van der Waals surface area contributed by atoms with E-state index < -0.39 is 6.36 Å². The lowest BCUT2D eigenvalue weighted by atomic mass is 10.1. The van der Waals surface area contributed by atoms with E-state index in [1.165, 1.54) is 24.4 Å². The van der Waals surface area contributed by atoms with E-state index in [2.05, 4.69) is 30.6 Å². The molecule has 7 heteroatoms. The Kier molecular flexibility index (Phi) is 3.51. The van der Waals surface area contributed by atoms with Crippen LogP contribution in [0.1, 0.15) is 0 Å². The van der Waals surface area contributed by atoms with Gasteiger partial charge in [0, 0.05) is 11.8 Å². The summed E-state index contributed by atoms with van der Waals surface area (Å²) >= 11 is 3.09. The van der Waals surface area contributed by atoms with Crippen molar-refractivity contribution in [3.63, 3.8) is 0 Å². The molecule has 18 heavy (non-hydrogen) atoms. The van der Waals surface area contributed by atoms with Gasteiger partial charge in [-0.2, -0.15) is 0 Å². The van der Waals surface area contributed by atoms with Gasteiger partial charge in [-0.1, -0.05) is 12.1 Å². The van der Waals surface area contributed by atoms with Crippen LogP contribution in [0.2, 0.25) is 0 Å². The van der Waals surface area contributed by atoms with Crippen molar-refractivity contribution < 1.29 is 17.9 Å². The SMILES string of the molecule is FC(F)(F)Oc1cccc(-c2ccnc(Br)n2)c1. The topological polar surface area (TPSA) is 35.0 Å². The Labute approximate surface area is 109 Å². The van der Waals surface area contributed by atoms with Crippen LogP contribution in [0.25, 0.3) is 11.3 Å². The molecule has 94 valence electrons. The second-order valence-corrected chi connectivity index (χ2v) is 4.00. The molecule has 1 aromatic carbocycles. The standard InChI is InChI=1S/C11H6BrF3N2O/c12-10-16-5-4-9(17-10)7-2-1-3-8(6-7)18-11(13,14)15/h1-6H. The highest BCUT2D eigenvalue weighted by Crippen LogP contribution is 2.27. The van der Waals surface area contributed by atoms with Crippen molar-refractivity contribution in [2.75, 3.05) is 0 Å². The van der Waals surface area contributed by atoms with Crippen LogP contribution >= 0.6 is 15.9 Å². The lowest BCUT2D eigenvalue weighted by Crippen LogP contribution is -2.17. The fourth-order valence-electron chi connectivity index (χ4n) is 1.35. The Morgan fingerprint density at radius 1 is 1.17 bits per heavy atom. The third-order valence-corrected chi connectivity index (χ3v) is 2.37. The van der Waals surface area contributed by atoms with Gasteiger partial charge in [0.1, 0.15) is 5.75 Å². The molecule has 0 aliphatic heterocycles. The minimum absolute atomic E-state index is 0.283. The van der Waals surface area contributed by atoms with E-state index in [0.717, 1.165) is 0 Å². The average Bonchev–Trinajstić information content (AvgIpc) is 2.27. The number of alkyl halides is 3. The third kappa shape index (κ3) is 3.43. The third-order valence-electron chi connectivity index (χ3n) is 1.99. The van der Waals surface area contributed by atoms with Gasteiger partial charge >= 0.3 is 6.36 Å². The quantitative estimate of drug-likeness (QED) is 0.790. The first-order valence-corrected chi connectivity index (χ1v) is 5.58. The Morgan fingerprint density at radius 2 is 1.94 bits per heavy atom. The molecule has 0 spiro atoms. The number of hydrogen-bond acceptors (Lipinski definition) is 3. The summed E-state index contributed by atoms with van der Waals surface area (Å²) in [7, 11) is 0. The van der Waals surface area contributed by atoms with Crippen LogP contribution in [-0.2, 0) is 0 Å². The van der Waals surface area contributed by atoms with Crippen LogP contribution in [0.3, 0.4) is 0 Å². The van der Waals surface area contributed by atoms with E-state index >= 15 is 0 Å². The van der Waals surface area contributed by atoms with E-state index in [-0.39, 0.29) is 5.75 Å². The van der Waals surface area contributed by atoms with Gasteiger partial charge in [0.05, 0.1) is 5.69 Å². The minimum Gasteiger partial charge on any atom is -0.406 e. The molecule has 0 saturated heterocycles. The van der Waals surface area contributed by atoms with Crippen LogP contribution in [-0.4, -0.2) is 16.3 Å². The Balaban J connectivity index is 2.33. The van der Waals surface area contributed by atoms with Crippen molar-refractivity contribution in [2.45, 2.75) is 6.36 Å². The summed E-state index contributed by atoms with van der Waals surface area (Å²) in [6, 6.07) is 7.19. The molecule has 0 N–H and O–H groups in total. The van der Waals surface area contributed by atoms with Gasteiger partial charge in [0.15, 0.2) is 4.73 Å². The predicted octanol–water partition coefficient (Wildman–Crippen LogP) is 3.80. The van der Waals surface area contributed by atoms with Crippen LogP contribution in [0.15, 0.2) is 41.3 Å².